The van der Waals surface area contributed by atoms with Gasteiger partial charge in [-0.3, -0.25) is 4.79 Å². The molecule has 1 fully saturated rings. The summed E-state index contributed by atoms with van der Waals surface area (Å²) in [7, 11) is 0. The number of carbonyl (C=O) groups excluding carboxylic acids is 1. The van der Waals surface area contributed by atoms with Crippen LogP contribution in [0, 0.1) is 9.39 Å². The third-order valence-electron chi connectivity index (χ3n) is 4.24. The van der Waals surface area contributed by atoms with Crippen molar-refractivity contribution in [2.75, 3.05) is 26.2 Å². The van der Waals surface area contributed by atoms with E-state index < -0.39 is 0 Å². The Morgan fingerprint density at radius 1 is 1.33 bits per heavy atom. The zero-order valence-corrected chi connectivity index (χ0v) is 14.8. The van der Waals surface area contributed by atoms with Crippen LogP contribution in [-0.2, 0) is 0 Å². The standard InChI is InChI=1S/C16H22FIN2O/c1-3-19(4-2)13-7-9-20(10-8-13)16(21)14-11-12(17)5-6-15(14)18/h5-6,11,13H,3-4,7-10H2,1-2H3. The lowest BCUT2D eigenvalue weighted by molar-refractivity contribution is 0.0630. The Hall–Kier alpha value is -0.690. The third kappa shape index (κ3) is 3.94. The summed E-state index contributed by atoms with van der Waals surface area (Å²) < 4.78 is 14.2. The monoisotopic (exact) mass is 404 g/mol. The quantitative estimate of drug-likeness (QED) is 0.719. The van der Waals surface area contributed by atoms with Gasteiger partial charge in [0.15, 0.2) is 0 Å². The number of nitrogens with zero attached hydrogens (tertiary/aromatic N) is 2. The Kier molecular flexibility index (Phi) is 5.98. The molecular weight excluding hydrogens is 382 g/mol. The summed E-state index contributed by atoms with van der Waals surface area (Å²) >= 11 is 2.09. The van der Waals surface area contributed by atoms with Crippen molar-refractivity contribution in [3.05, 3.63) is 33.1 Å². The topological polar surface area (TPSA) is 23.6 Å². The second kappa shape index (κ2) is 7.54. The summed E-state index contributed by atoms with van der Waals surface area (Å²) in [6.07, 6.45) is 2.00. The van der Waals surface area contributed by atoms with Crippen LogP contribution in [0.4, 0.5) is 4.39 Å². The Balaban J connectivity index is 2.02. The highest BCUT2D eigenvalue weighted by Crippen LogP contribution is 2.21. The predicted molar refractivity (Wildman–Crippen MR) is 91.0 cm³/mol. The predicted octanol–water partition coefficient (Wildman–Crippen LogP) is 3.38. The fraction of sp³-hybridized carbons (Fsp3) is 0.562. The molecule has 0 saturated carbocycles. The van der Waals surface area contributed by atoms with E-state index in [0.717, 1.165) is 42.6 Å². The first kappa shape index (κ1) is 16.7. The number of piperidine rings is 1. The van der Waals surface area contributed by atoms with Crippen molar-refractivity contribution in [2.24, 2.45) is 0 Å². The third-order valence-corrected chi connectivity index (χ3v) is 5.18. The van der Waals surface area contributed by atoms with E-state index in [1.807, 2.05) is 4.90 Å². The van der Waals surface area contributed by atoms with E-state index in [9.17, 15) is 9.18 Å². The van der Waals surface area contributed by atoms with Gasteiger partial charge in [-0.25, -0.2) is 4.39 Å². The minimum Gasteiger partial charge on any atom is -0.338 e. The molecule has 0 radical (unpaired) electrons. The summed E-state index contributed by atoms with van der Waals surface area (Å²) in [6, 6.07) is 4.97. The van der Waals surface area contributed by atoms with Gasteiger partial charge in [-0.05, 0) is 66.7 Å². The molecule has 0 bridgehead atoms. The van der Waals surface area contributed by atoms with Gasteiger partial charge in [0.1, 0.15) is 5.82 Å². The Morgan fingerprint density at radius 3 is 2.52 bits per heavy atom. The van der Waals surface area contributed by atoms with Crippen molar-refractivity contribution >= 4 is 28.5 Å². The average Bonchev–Trinajstić information content (AvgIpc) is 2.51. The molecule has 116 valence electrons. The molecule has 0 unspecified atom stereocenters. The summed E-state index contributed by atoms with van der Waals surface area (Å²) in [5, 5.41) is 0. The normalized spacial score (nSPS) is 16.5. The van der Waals surface area contributed by atoms with Crippen molar-refractivity contribution in [3.8, 4) is 0 Å². The van der Waals surface area contributed by atoms with Crippen LogP contribution in [0.1, 0.15) is 37.0 Å². The zero-order chi connectivity index (χ0) is 15.4. The van der Waals surface area contributed by atoms with E-state index in [2.05, 4.69) is 41.3 Å². The van der Waals surface area contributed by atoms with Crippen LogP contribution in [0.5, 0.6) is 0 Å². The fourth-order valence-corrected chi connectivity index (χ4v) is 3.57. The molecule has 2 rings (SSSR count). The SMILES string of the molecule is CCN(CC)C1CCN(C(=O)c2cc(F)ccc2I)CC1. The van der Waals surface area contributed by atoms with E-state index in [1.54, 1.807) is 6.07 Å². The van der Waals surface area contributed by atoms with E-state index in [4.69, 9.17) is 0 Å². The van der Waals surface area contributed by atoms with Crippen molar-refractivity contribution < 1.29 is 9.18 Å². The van der Waals surface area contributed by atoms with E-state index >= 15 is 0 Å². The average molecular weight is 404 g/mol. The minimum absolute atomic E-state index is 0.0445. The first-order valence-electron chi connectivity index (χ1n) is 7.55. The van der Waals surface area contributed by atoms with Crippen LogP contribution in [0.25, 0.3) is 0 Å². The van der Waals surface area contributed by atoms with E-state index in [1.165, 1.54) is 12.1 Å². The maximum atomic E-state index is 13.4. The largest absolute Gasteiger partial charge is 0.338 e. The van der Waals surface area contributed by atoms with Crippen molar-refractivity contribution in [2.45, 2.75) is 32.7 Å². The number of amides is 1. The fourth-order valence-electron chi connectivity index (χ4n) is 3.01. The van der Waals surface area contributed by atoms with Crippen LogP contribution in [0.2, 0.25) is 0 Å². The van der Waals surface area contributed by atoms with Gasteiger partial charge in [-0.15, -0.1) is 0 Å². The Labute approximate surface area is 139 Å². The lowest BCUT2D eigenvalue weighted by atomic mass is 10.0. The van der Waals surface area contributed by atoms with Crippen LogP contribution in [0.15, 0.2) is 18.2 Å². The second-order valence-corrected chi connectivity index (χ2v) is 6.53. The maximum Gasteiger partial charge on any atom is 0.255 e. The van der Waals surface area contributed by atoms with Gasteiger partial charge < -0.3 is 9.80 Å². The summed E-state index contributed by atoms with van der Waals surface area (Å²) in [4.78, 5) is 16.8. The molecule has 1 saturated heterocycles. The number of carbonyl (C=O) groups is 1. The number of rotatable bonds is 4. The Morgan fingerprint density at radius 2 is 1.95 bits per heavy atom. The molecule has 5 heteroatoms. The van der Waals surface area contributed by atoms with Gasteiger partial charge in [-0.1, -0.05) is 13.8 Å². The van der Waals surface area contributed by atoms with Crippen molar-refractivity contribution in [3.63, 3.8) is 0 Å². The molecule has 3 nitrogen and oxygen atoms in total. The number of hydrogen-bond acceptors (Lipinski definition) is 2. The molecule has 21 heavy (non-hydrogen) atoms. The van der Waals surface area contributed by atoms with Crippen molar-refractivity contribution in [1.82, 2.24) is 9.80 Å². The van der Waals surface area contributed by atoms with Gasteiger partial charge in [0.25, 0.3) is 5.91 Å². The number of likely N-dealkylation sites (tertiary alicyclic amines) is 1. The highest BCUT2D eigenvalue weighted by Gasteiger charge is 2.27. The summed E-state index contributed by atoms with van der Waals surface area (Å²) in [5.74, 6) is -0.395. The lowest BCUT2D eigenvalue weighted by Crippen LogP contribution is -2.46. The van der Waals surface area contributed by atoms with E-state index in [0.29, 0.717) is 11.6 Å². The number of hydrogen-bond donors (Lipinski definition) is 0. The van der Waals surface area contributed by atoms with Crippen LogP contribution >= 0.6 is 22.6 Å². The molecule has 0 atom stereocenters. The highest BCUT2D eigenvalue weighted by atomic mass is 127. The van der Waals surface area contributed by atoms with Crippen molar-refractivity contribution in [1.29, 1.82) is 0 Å². The molecule has 1 aromatic rings. The summed E-state index contributed by atoms with van der Waals surface area (Å²) in [5.41, 5.74) is 0.483. The van der Waals surface area contributed by atoms with E-state index in [-0.39, 0.29) is 11.7 Å². The smallest absolute Gasteiger partial charge is 0.255 e. The van der Waals surface area contributed by atoms with Crippen LogP contribution < -0.4 is 0 Å². The molecular formula is C16H22FIN2O. The molecule has 1 aromatic carbocycles. The first-order chi connectivity index (χ1) is 10.1. The molecule has 1 aliphatic heterocycles. The Bertz CT molecular complexity index is 497. The molecule has 1 aliphatic rings. The zero-order valence-electron chi connectivity index (χ0n) is 12.6. The molecule has 0 aromatic heterocycles. The highest BCUT2D eigenvalue weighted by molar-refractivity contribution is 14.1. The van der Waals surface area contributed by atoms with Crippen LogP contribution in [0.3, 0.4) is 0 Å². The minimum atomic E-state index is -0.350. The van der Waals surface area contributed by atoms with Gasteiger partial charge in [0, 0.05) is 22.7 Å². The lowest BCUT2D eigenvalue weighted by Gasteiger charge is -2.37. The molecule has 1 amide bonds. The van der Waals surface area contributed by atoms with Gasteiger partial charge >= 0.3 is 0 Å². The number of halogens is 2. The molecule has 0 aliphatic carbocycles. The van der Waals surface area contributed by atoms with Gasteiger partial charge in [-0.2, -0.15) is 0 Å². The maximum absolute atomic E-state index is 13.4. The molecule has 0 N–H and O–H groups in total. The van der Waals surface area contributed by atoms with Crippen LogP contribution in [-0.4, -0.2) is 47.9 Å². The molecule has 0 spiro atoms. The first-order valence-corrected chi connectivity index (χ1v) is 8.63. The second-order valence-electron chi connectivity index (χ2n) is 5.37. The molecule has 1 heterocycles. The summed E-state index contributed by atoms with van der Waals surface area (Å²) in [6.45, 7) is 7.97. The van der Waals surface area contributed by atoms with Gasteiger partial charge in [0.05, 0.1) is 5.56 Å². The number of benzene rings is 1. The van der Waals surface area contributed by atoms with Gasteiger partial charge in [0.2, 0.25) is 0 Å².